The molecule has 0 radical (unpaired) electrons. The topological polar surface area (TPSA) is 66.9 Å². The van der Waals surface area contributed by atoms with Crippen LogP contribution < -0.4 is 4.74 Å². The number of hydrogen-bond donors (Lipinski definition) is 0. The number of carbonyl (C=O) groups excluding carboxylic acids is 1. The highest BCUT2D eigenvalue weighted by molar-refractivity contribution is 7.89. The molecule has 0 spiro atoms. The van der Waals surface area contributed by atoms with Crippen molar-refractivity contribution in [1.82, 2.24) is 9.21 Å². The van der Waals surface area contributed by atoms with E-state index in [2.05, 4.69) is 0 Å². The third-order valence-electron chi connectivity index (χ3n) is 4.80. The summed E-state index contributed by atoms with van der Waals surface area (Å²) in [7, 11) is -3.84. The van der Waals surface area contributed by atoms with Gasteiger partial charge in [-0.25, -0.2) is 8.42 Å². The van der Waals surface area contributed by atoms with Gasteiger partial charge in [0.05, 0.1) is 10.0 Å². The molecule has 0 bridgehead atoms. The number of halogens is 2. The van der Waals surface area contributed by atoms with Crippen LogP contribution in [0.2, 0.25) is 10.0 Å². The van der Waals surface area contributed by atoms with E-state index in [-0.39, 0.29) is 53.6 Å². The minimum atomic E-state index is -3.84. The molecule has 0 aliphatic carbocycles. The average Bonchev–Trinajstić information content (AvgIpc) is 2.68. The second-order valence-electron chi connectivity index (χ2n) is 6.89. The molecule has 0 saturated carbocycles. The van der Waals surface area contributed by atoms with Crippen molar-refractivity contribution in [2.75, 3.05) is 32.8 Å². The Morgan fingerprint density at radius 3 is 2.28 bits per heavy atom. The maximum absolute atomic E-state index is 12.9. The van der Waals surface area contributed by atoms with E-state index in [1.807, 2.05) is 32.0 Å². The highest BCUT2D eigenvalue weighted by atomic mass is 35.5. The van der Waals surface area contributed by atoms with E-state index in [1.54, 1.807) is 11.0 Å². The van der Waals surface area contributed by atoms with Gasteiger partial charge in [0, 0.05) is 26.2 Å². The van der Waals surface area contributed by atoms with Crippen LogP contribution in [0.25, 0.3) is 0 Å². The largest absolute Gasteiger partial charge is 0.483 e. The lowest BCUT2D eigenvalue weighted by Gasteiger charge is -2.34. The van der Waals surface area contributed by atoms with Gasteiger partial charge in [-0.05, 0) is 43.2 Å². The zero-order valence-corrected chi connectivity index (χ0v) is 18.5. The summed E-state index contributed by atoms with van der Waals surface area (Å²) in [5, 5.41) is 0.163. The molecule has 6 nitrogen and oxygen atoms in total. The molecule has 1 heterocycles. The number of carbonyl (C=O) groups is 1. The van der Waals surface area contributed by atoms with Gasteiger partial charge in [0.1, 0.15) is 10.6 Å². The molecular weight excluding hydrogens is 435 g/mol. The Labute approximate surface area is 181 Å². The van der Waals surface area contributed by atoms with E-state index in [9.17, 15) is 13.2 Å². The molecule has 2 aromatic rings. The number of amides is 1. The van der Waals surface area contributed by atoms with Crippen LogP contribution >= 0.6 is 23.2 Å². The number of hydrogen-bond acceptors (Lipinski definition) is 4. The van der Waals surface area contributed by atoms with E-state index in [0.717, 1.165) is 11.1 Å². The predicted octanol–water partition coefficient (Wildman–Crippen LogP) is 3.52. The van der Waals surface area contributed by atoms with Crippen LogP contribution in [0.1, 0.15) is 11.1 Å². The highest BCUT2D eigenvalue weighted by Gasteiger charge is 2.33. The van der Waals surface area contributed by atoms with E-state index in [4.69, 9.17) is 27.9 Å². The number of ether oxygens (including phenoxy) is 1. The molecule has 0 N–H and O–H groups in total. The van der Waals surface area contributed by atoms with Crippen LogP contribution in [-0.4, -0.2) is 56.3 Å². The quantitative estimate of drug-likeness (QED) is 0.689. The van der Waals surface area contributed by atoms with Crippen molar-refractivity contribution < 1.29 is 17.9 Å². The smallest absolute Gasteiger partial charge is 0.260 e. The van der Waals surface area contributed by atoms with Crippen LogP contribution in [0.5, 0.6) is 5.75 Å². The zero-order valence-electron chi connectivity index (χ0n) is 16.2. The van der Waals surface area contributed by atoms with E-state index in [1.165, 1.54) is 16.4 Å². The lowest BCUT2D eigenvalue weighted by atomic mass is 10.1. The summed E-state index contributed by atoms with van der Waals surface area (Å²) in [4.78, 5) is 14.0. The standard InChI is InChI=1S/C20H22Cl2N2O4S/c1-14-6-7-15(2)18(12-14)28-13-19(25)23-8-10-24(11-9-23)29(26,27)20-16(21)4-3-5-17(20)22/h3-7,12H,8-11,13H2,1-2H3. The molecule has 3 rings (SSSR count). The van der Waals surface area contributed by atoms with Crippen LogP contribution in [0.4, 0.5) is 0 Å². The van der Waals surface area contributed by atoms with Crippen LogP contribution in [0.3, 0.4) is 0 Å². The molecule has 29 heavy (non-hydrogen) atoms. The summed E-state index contributed by atoms with van der Waals surface area (Å²) in [6.07, 6.45) is 0. The Morgan fingerprint density at radius 1 is 1.03 bits per heavy atom. The molecule has 2 aromatic carbocycles. The summed E-state index contributed by atoms with van der Waals surface area (Å²) in [6.45, 7) is 4.67. The maximum Gasteiger partial charge on any atom is 0.260 e. The Balaban J connectivity index is 1.61. The molecule has 0 atom stereocenters. The first-order chi connectivity index (χ1) is 13.7. The first-order valence-corrected chi connectivity index (χ1v) is 11.3. The van der Waals surface area contributed by atoms with Gasteiger partial charge in [-0.15, -0.1) is 0 Å². The molecule has 1 amide bonds. The summed E-state index contributed by atoms with van der Waals surface area (Å²) >= 11 is 12.1. The molecule has 156 valence electrons. The lowest BCUT2D eigenvalue weighted by molar-refractivity contribution is -0.134. The van der Waals surface area contributed by atoms with Gasteiger partial charge in [-0.2, -0.15) is 4.31 Å². The summed E-state index contributed by atoms with van der Waals surface area (Å²) in [5.41, 5.74) is 2.01. The van der Waals surface area contributed by atoms with Gasteiger partial charge in [-0.1, -0.05) is 41.4 Å². The van der Waals surface area contributed by atoms with Crippen molar-refractivity contribution in [3.8, 4) is 5.75 Å². The maximum atomic E-state index is 12.9. The van der Waals surface area contributed by atoms with Crippen LogP contribution in [-0.2, 0) is 14.8 Å². The number of rotatable bonds is 5. The monoisotopic (exact) mass is 456 g/mol. The minimum absolute atomic E-state index is 0.0814. The number of sulfonamides is 1. The van der Waals surface area contributed by atoms with Gasteiger partial charge in [0.15, 0.2) is 6.61 Å². The van der Waals surface area contributed by atoms with Gasteiger partial charge in [0.2, 0.25) is 10.0 Å². The fraction of sp³-hybridized carbons (Fsp3) is 0.350. The van der Waals surface area contributed by atoms with Crippen LogP contribution in [0.15, 0.2) is 41.3 Å². The molecule has 1 aliphatic heterocycles. The third kappa shape index (κ3) is 4.86. The van der Waals surface area contributed by atoms with Gasteiger partial charge >= 0.3 is 0 Å². The molecule has 0 aromatic heterocycles. The van der Waals surface area contributed by atoms with Crippen molar-refractivity contribution in [3.05, 3.63) is 57.6 Å². The summed E-state index contributed by atoms with van der Waals surface area (Å²) < 4.78 is 32.8. The lowest BCUT2D eigenvalue weighted by Crippen LogP contribution is -2.51. The number of aryl methyl sites for hydroxylation is 2. The number of benzene rings is 2. The summed E-state index contributed by atoms with van der Waals surface area (Å²) in [6, 6.07) is 10.4. The Kier molecular flexibility index (Phi) is 6.73. The summed E-state index contributed by atoms with van der Waals surface area (Å²) in [5.74, 6) is 0.492. The predicted molar refractivity (Wildman–Crippen MR) is 113 cm³/mol. The SMILES string of the molecule is Cc1ccc(C)c(OCC(=O)N2CCN(S(=O)(=O)c3c(Cl)cccc3Cl)CC2)c1. The normalized spacial score (nSPS) is 15.4. The van der Waals surface area contributed by atoms with E-state index < -0.39 is 10.0 Å². The fourth-order valence-electron chi connectivity index (χ4n) is 3.13. The van der Waals surface area contributed by atoms with E-state index in [0.29, 0.717) is 5.75 Å². The van der Waals surface area contributed by atoms with Crippen LogP contribution in [0, 0.1) is 13.8 Å². The second kappa shape index (κ2) is 8.92. The van der Waals surface area contributed by atoms with Gasteiger partial charge < -0.3 is 9.64 Å². The van der Waals surface area contributed by atoms with Crippen molar-refractivity contribution >= 4 is 39.1 Å². The average molecular weight is 457 g/mol. The molecule has 1 aliphatic rings. The molecule has 0 unspecified atom stereocenters. The van der Waals surface area contributed by atoms with Crippen molar-refractivity contribution in [3.63, 3.8) is 0 Å². The minimum Gasteiger partial charge on any atom is -0.483 e. The Hall–Kier alpha value is -1.80. The Morgan fingerprint density at radius 2 is 1.66 bits per heavy atom. The van der Waals surface area contributed by atoms with Gasteiger partial charge in [0.25, 0.3) is 5.91 Å². The molecule has 1 fully saturated rings. The molecular formula is C20H22Cl2N2O4S. The second-order valence-corrected chi connectivity index (χ2v) is 9.58. The first-order valence-electron chi connectivity index (χ1n) is 9.12. The molecule has 1 saturated heterocycles. The third-order valence-corrected chi connectivity index (χ3v) is 7.66. The van der Waals surface area contributed by atoms with Crippen molar-refractivity contribution in [1.29, 1.82) is 0 Å². The number of piperazine rings is 1. The fourth-order valence-corrected chi connectivity index (χ4v) is 5.64. The molecule has 9 heteroatoms. The number of nitrogens with zero attached hydrogens (tertiary/aromatic N) is 2. The highest BCUT2D eigenvalue weighted by Crippen LogP contribution is 2.31. The zero-order chi connectivity index (χ0) is 21.2. The van der Waals surface area contributed by atoms with E-state index >= 15 is 0 Å². The van der Waals surface area contributed by atoms with Gasteiger partial charge in [-0.3, -0.25) is 4.79 Å². The van der Waals surface area contributed by atoms with Crippen molar-refractivity contribution in [2.45, 2.75) is 18.7 Å². The Bertz CT molecular complexity index is 999. The van der Waals surface area contributed by atoms with Crippen molar-refractivity contribution in [2.24, 2.45) is 0 Å². The first kappa shape index (κ1) is 21.9.